The van der Waals surface area contributed by atoms with Crippen LogP contribution in [0.25, 0.3) is 22.3 Å². The second-order valence-corrected chi connectivity index (χ2v) is 8.82. The molecule has 2 aromatic heterocycles. The van der Waals surface area contributed by atoms with E-state index >= 15 is 0 Å². The van der Waals surface area contributed by atoms with Gasteiger partial charge in [0.25, 0.3) is 5.91 Å². The maximum atomic E-state index is 13.8. The molecular formula is C24H29N5O2. The second-order valence-electron chi connectivity index (χ2n) is 8.82. The van der Waals surface area contributed by atoms with Gasteiger partial charge in [0.1, 0.15) is 6.04 Å². The third-order valence-corrected chi connectivity index (χ3v) is 5.78. The molecule has 1 atom stereocenters. The van der Waals surface area contributed by atoms with Crippen molar-refractivity contribution in [2.45, 2.75) is 46.7 Å². The molecule has 4 rings (SSSR count). The van der Waals surface area contributed by atoms with Crippen molar-refractivity contribution < 1.29 is 9.59 Å². The second kappa shape index (κ2) is 8.13. The minimum atomic E-state index is -0.493. The number of amides is 2. The van der Waals surface area contributed by atoms with Crippen LogP contribution in [0.5, 0.6) is 0 Å². The summed E-state index contributed by atoms with van der Waals surface area (Å²) in [6.45, 7) is 11.0. The number of nitrogens with one attached hydrogen (secondary N) is 1. The van der Waals surface area contributed by atoms with Crippen molar-refractivity contribution >= 4 is 22.8 Å². The largest absolute Gasteiger partial charge is 0.353 e. The highest BCUT2D eigenvalue weighted by Gasteiger charge is 2.36. The van der Waals surface area contributed by atoms with Gasteiger partial charge in [-0.05, 0) is 32.8 Å². The lowest BCUT2D eigenvalue weighted by Gasteiger charge is -2.37. The van der Waals surface area contributed by atoms with Crippen LogP contribution < -0.4 is 5.32 Å². The van der Waals surface area contributed by atoms with E-state index in [2.05, 4.69) is 10.4 Å². The number of benzene rings is 1. The minimum absolute atomic E-state index is 0.0107. The van der Waals surface area contributed by atoms with Crippen molar-refractivity contribution in [3.63, 3.8) is 0 Å². The number of nitrogens with zero attached hydrogens (tertiary/aromatic N) is 4. The number of piperazine rings is 1. The third-order valence-electron chi connectivity index (χ3n) is 5.78. The van der Waals surface area contributed by atoms with Gasteiger partial charge >= 0.3 is 0 Å². The standard InChI is InChI=1S/C24H29N5O2/c1-14(2)21-23(30)25-10-11-28(21)24(31)18-12-20(17-8-6-16(5)7-9-17)27-22-19(18)13-26-29(22)15(3)4/h6-9,12-15,21H,10-11H2,1-5H3,(H,25,30). The predicted molar refractivity (Wildman–Crippen MR) is 121 cm³/mol. The van der Waals surface area contributed by atoms with Gasteiger partial charge in [0.15, 0.2) is 5.65 Å². The average Bonchev–Trinajstić information content (AvgIpc) is 3.17. The van der Waals surface area contributed by atoms with Gasteiger partial charge in [-0.15, -0.1) is 0 Å². The minimum Gasteiger partial charge on any atom is -0.353 e. The van der Waals surface area contributed by atoms with Gasteiger partial charge in [-0.2, -0.15) is 5.10 Å². The van der Waals surface area contributed by atoms with Gasteiger partial charge in [0, 0.05) is 24.7 Å². The Morgan fingerprint density at radius 1 is 1.16 bits per heavy atom. The monoisotopic (exact) mass is 419 g/mol. The first kappa shape index (κ1) is 21.0. The summed E-state index contributed by atoms with van der Waals surface area (Å²) in [5, 5.41) is 8.10. The molecule has 1 saturated heterocycles. The summed E-state index contributed by atoms with van der Waals surface area (Å²) >= 11 is 0. The van der Waals surface area contributed by atoms with Crippen LogP contribution in [0, 0.1) is 12.8 Å². The first-order chi connectivity index (χ1) is 14.8. The number of aromatic nitrogens is 3. The Morgan fingerprint density at radius 2 is 1.87 bits per heavy atom. The molecule has 3 heterocycles. The van der Waals surface area contributed by atoms with Crippen molar-refractivity contribution in [2.75, 3.05) is 13.1 Å². The molecule has 0 spiro atoms. The fourth-order valence-electron chi connectivity index (χ4n) is 4.18. The lowest BCUT2D eigenvalue weighted by atomic mass is 9.97. The van der Waals surface area contributed by atoms with Gasteiger partial charge in [0.05, 0.1) is 22.8 Å². The predicted octanol–water partition coefficient (Wildman–Crippen LogP) is 3.58. The van der Waals surface area contributed by atoms with Gasteiger partial charge < -0.3 is 10.2 Å². The van der Waals surface area contributed by atoms with Crippen LogP contribution in [0.15, 0.2) is 36.5 Å². The van der Waals surface area contributed by atoms with Crippen molar-refractivity contribution in [1.82, 2.24) is 25.0 Å². The van der Waals surface area contributed by atoms with E-state index in [4.69, 9.17) is 4.98 Å². The van der Waals surface area contributed by atoms with E-state index in [9.17, 15) is 9.59 Å². The molecule has 0 saturated carbocycles. The number of pyridine rings is 1. The molecule has 7 nitrogen and oxygen atoms in total. The Kier molecular flexibility index (Phi) is 5.52. The number of hydrogen-bond donors (Lipinski definition) is 1. The maximum Gasteiger partial charge on any atom is 0.255 e. The Bertz CT molecular complexity index is 1130. The molecule has 162 valence electrons. The molecule has 2 amide bonds. The lowest BCUT2D eigenvalue weighted by molar-refractivity contribution is -0.129. The van der Waals surface area contributed by atoms with Crippen LogP contribution in [0.1, 0.15) is 49.7 Å². The lowest BCUT2D eigenvalue weighted by Crippen LogP contribution is -2.59. The summed E-state index contributed by atoms with van der Waals surface area (Å²) in [6, 6.07) is 9.54. The van der Waals surface area contributed by atoms with Crippen LogP contribution in [0.4, 0.5) is 0 Å². The molecule has 0 bridgehead atoms. The number of hydrogen-bond acceptors (Lipinski definition) is 4. The molecule has 1 aliphatic rings. The highest BCUT2D eigenvalue weighted by Crippen LogP contribution is 2.29. The van der Waals surface area contributed by atoms with Crippen molar-refractivity contribution in [3.8, 4) is 11.3 Å². The van der Waals surface area contributed by atoms with Crippen molar-refractivity contribution in [3.05, 3.63) is 47.7 Å². The summed E-state index contributed by atoms with van der Waals surface area (Å²) in [5.41, 5.74) is 4.04. The van der Waals surface area contributed by atoms with E-state index in [0.717, 1.165) is 16.8 Å². The zero-order valence-corrected chi connectivity index (χ0v) is 18.7. The highest BCUT2D eigenvalue weighted by atomic mass is 16.2. The van der Waals surface area contributed by atoms with Gasteiger partial charge in [-0.25, -0.2) is 9.67 Å². The topological polar surface area (TPSA) is 80.1 Å². The van der Waals surface area contributed by atoms with Crippen molar-refractivity contribution in [2.24, 2.45) is 5.92 Å². The van der Waals surface area contributed by atoms with Crippen LogP contribution in [-0.2, 0) is 4.79 Å². The highest BCUT2D eigenvalue weighted by molar-refractivity contribution is 6.08. The van der Waals surface area contributed by atoms with Crippen LogP contribution in [0.2, 0.25) is 0 Å². The molecule has 1 fully saturated rings. The van der Waals surface area contributed by atoms with Crippen LogP contribution in [0.3, 0.4) is 0 Å². The van der Waals surface area contributed by atoms with E-state index in [1.165, 1.54) is 0 Å². The fraction of sp³-hybridized carbons (Fsp3) is 0.417. The fourth-order valence-corrected chi connectivity index (χ4v) is 4.18. The van der Waals surface area contributed by atoms with Gasteiger partial charge in [0.2, 0.25) is 5.91 Å². The number of carbonyl (C=O) groups excluding carboxylic acids is 2. The zero-order valence-electron chi connectivity index (χ0n) is 18.7. The number of rotatable bonds is 4. The Morgan fingerprint density at radius 3 is 2.52 bits per heavy atom. The smallest absolute Gasteiger partial charge is 0.255 e. The van der Waals surface area contributed by atoms with Crippen LogP contribution >= 0.6 is 0 Å². The molecule has 3 aromatic rings. The average molecular weight is 420 g/mol. The molecule has 1 aliphatic heterocycles. The molecule has 1 aromatic carbocycles. The normalized spacial score (nSPS) is 16.9. The number of carbonyl (C=O) groups is 2. The molecule has 1 unspecified atom stereocenters. The first-order valence-electron chi connectivity index (χ1n) is 10.8. The summed E-state index contributed by atoms with van der Waals surface area (Å²) in [6.07, 6.45) is 1.71. The molecule has 0 radical (unpaired) electrons. The van der Waals surface area contributed by atoms with E-state index in [1.807, 2.05) is 69.6 Å². The summed E-state index contributed by atoms with van der Waals surface area (Å²) < 4.78 is 1.84. The zero-order chi connectivity index (χ0) is 22.3. The number of aryl methyl sites for hydroxylation is 1. The molecule has 7 heteroatoms. The SMILES string of the molecule is Cc1ccc(-c2cc(C(=O)N3CCNC(=O)C3C(C)C)c3cnn(C(C)C)c3n2)cc1. The van der Waals surface area contributed by atoms with Crippen LogP contribution in [-0.4, -0.2) is 50.6 Å². The third kappa shape index (κ3) is 3.80. The van der Waals surface area contributed by atoms with Gasteiger partial charge in [-0.3, -0.25) is 9.59 Å². The van der Waals surface area contributed by atoms with E-state index in [0.29, 0.717) is 29.7 Å². The summed E-state index contributed by atoms with van der Waals surface area (Å²) in [7, 11) is 0. The molecular weight excluding hydrogens is 390 g/mol. The molecule has 1 N–H and O–H groups in total. The Hall–Kier alpha value is -3.22. The Labute approximate surface area is 182 Å². The molecule has 0 aliphatic carbocycles. The summed E-state index contributed by atoms with van der Waals surface area (Å²) in [5.74, 6) is -0.245. The van der Waals surface area contributed by atoms with Crippen molar-refractivity contribution in [1.29, 1.82) is 0 Å². The van der Waals surface area contributed by atoms with Gasteiger partial charge in [-0.1, -0.05) is 43.7 Å². The maximum absolute atomic E-state index is 13.8. The molecule has 31 heavy (non-hydrogen) atoms. The van der Waals surface area contributed by atoms with E-state index in [1.54, 1.807) is 11.1 Å². The quantitative estimate of drug-likeness (QED) is 0.701. The number of fused-ring (bicyclic) bond motifs is 1. The first-order valence-corrected chi connectivity index (χ1v) is 10.8. The van der Waals surface area contributed by atoms with E-state index < -0.39 is 6.04 Å². The summed E-state index contributed by atoms with van der Waals surface area (Å²) in [4.78, 5) is 32.9. The Balaban J connectivity index is 1.88. The van der Waals surface area contributed by atoms with E-state index in [-0.39, 0.29) is 23.8 Å².